The Morgan fingerprint density at radius 3 is 2.05 bits per heavy atom. The average molecular weight is 292 g/mol. The van der Waals surface area contributed by atoms with Gasteiger partial charge in [-0.15, -0.1) is 0 Å². The predicted octanol–water partition coefficient (Wildman–Crippen LogP) is 3.33. The smallest absolute Gasteiger partial charge is 0.118 e. The Bertz CT molecular complexity index is 379. The van der Waals surface area contributed by atoms with Crippen molar-refractivity contribution in [3.05, 3.63) is 29.8 Å². The van der Waals surface area contributed by atoms with Crippen molar-refractivity contribution in [2.45, 2.75) is 59.2 Å². The molecule has 3 nitrogen and oxygen atoms in total. The summed E-state index contributed by atoms with van der Waals surface area (Å²) in [5.74, 6) is 0.920. The molecule has 0 aliphatic carbocycles. The molecule has 1 rings (SSSR count). The highest BCUT2D eigenvalue weighted by Crippen LogP contribution is 2.12. The zero-order valence-electron chi connectivity index (χ0n) is 14.5. The van der Waals surface area contributed by atoms with Crippen molar-refractivity contribution in [2.24, 2.45) is 0 Å². The highest BCUT2D eigenvalue weighted by molar-refractivity contribution is 5.27. The molecule has 0 saturated carbocycles. The molecular formula is C18H32N2O. The van der Waals surface area contributed by atoms with E-state index >= 15 is 0 Å². The van der Waals surface area contributed by atoms with Crippen molar-refractivity contribution < 1.29 is 4.74 Å². The lowest BCUT2D eigenvalue weighted by atomic mass is 10.1. The van der Waals surface area contributed by atoms with E-state index in [1.807, 2.05) is 12.1 Å². The number of ether oxygens (including phenoxy) is 1. The van der Waals surface area contributed by atoms with E-state index in [4.69, 9.17) is 4.74 Å². The minimum atomic E-state index is 0.486. The Hall–Kier alpha value is -1.06. The van der Waals surface area contributed by atoms with E-state index < -0.39 is 0 Å². The molecule has 1 unspecified atom stereocenters. The van der Waals surface area contributed by atoms with Crippen molar-refractivity contribution in [1.82, 2.24) is 10.2 Å². The van der Waals surface area contributed by atoms with Gasteiger partial charge in [0.1, 0.15) is 5.75 Å². The molecule has 1 aromatic carbocycles. The van der Waals surface area contributed by atoms with E-state index in [0.717, 1.165) is 25.3 Å². The van der Waals surface area contributed by atoms with E-state index in [1.165, 1.54) is 5.56 Å². The van der Waals surface area contributed by atoms with Gasteiger partial charge in [-0.3, -0.25) is 4.90 Å². The minimum absolute atomic E-state index is 0.486. The summed E-state index contributed by atoms with van der Waals surface area (Å²) in [7, 11) is 1.70. The lowest BCUT2D eigenvalue weighted by molar-refractivity contribution is 0.174. The monoisotopic (exact) mass is 292 g/mol. The topological polar surface area (TPSA) is 24.5 Å². The van der Waals surface area contributed by atoms with Crippen molar-refractivity contribution in [1.29, 1.82) is 0 Å². The molecule has 0 radical (unpaired) electrons. The van der Waals surface area contributed by atoms with Crippen LogP contribution in [0, 0.1) is 0 Å². The van der Waals surface area contributed by atoms with E-state index in [9.17, 15) is 0 Å². The van der Waals surface area contributed by atoms with Gasteiger partial charge in [-0.25, -0.2) is 0 Å². The molecule has 1 aromatic rings. The second kappa shape index (κ2) is 9.06. The van der Waals surface area contributed by atoms with Gasteiger partial charge in [-0.2, -0.15) is 0 Å². The number of hydrogen-bond acceptors (Lipinski definition) is 3. The van der Waals surface area contributed by atoms with Gasteiger partial charge in [0.2, 0.25) is 0 Å². The summed E-state index contributed by atoms with van der Waals surface area (Å²) >= 11 is 0. The van der Waals surface area contributed by atoms with Crippen molar-refractivity contribution in [2.75, 3.05) is 20.2 Å². The highest BCUT2D eigenvalue weighted by atomic mass is 16.5. The summed E-state index contributed by atoms with van der Waals surface area (Å²) in [4.78, 5) is 2.52. The summed E-state index contributed by atoms with van der Waals surface area (Å²) in [6, 6.07) is 10.0. The van der Waals surface area contributed by atoms with Crippen LogP contribution >= 0.6 is 0 Å². The number of nitrogens with one attached hydrogen (secondary N) is 1. The second-order valence-corrected chi connectivity index (χ2v) is 6.33. The minimum Gasteiger partial charge on any atom is -0.497 e. The molecule has 0 aromatic heterocycles. The Balaban J connectivity index is 2.34. The molecule has 0 fully saturated rings. The Morgan fingerprint density at radius 2 is 1.57 bits per heavy atom. The maximum Gasteiger partial charge on any atom is 0.118 e. The van der Waals surface area contributed by atoms with Gasteiger partial charge in [-0.05, 0) is 58.7 Å². The summed E-state index contributed by atoms with van der Waals surface area (Å²) in [6.07, 6.45) is 1.05. The third-order valence-corrected chi connectivity index (χ3v) is 3.89. The van der Waals surface area contributed by atoms with Gasteiger partial charge in [0, 0.05) is 31.2 Å². The summed E-state index contributed by atoms with van der Waals surface area (Å²) in [5.41, 5.74) is 1.35. The van der Waals surface area contributed by atoms with Crippen molar-refractivity contribution >= 4 is 0 Å². The molecule has 1 atom stereocenters. The molecular weight excluding hydrogens is 260 g/mol. The van der Waals surface area contributed by atoms with Crippen LogP contribution in [-0.2, 0) is 6.42 Å². The quantitative estimate of drug-likeness (QED) is 0.755. The Morgan fingerprint density at radius 1 is 1.00 bits per heavy atom. The van der Waals surface area contributed by atoms with Crippen LogP contribution in [0.5, 0.6) is 5.75 Å². The molecule has 120 valence electrons. The first-order chi connectivity index (χ1) is 9.93. The number of benzene rings is 1. The molecule has 3 heteroatoms. The third kappa shape index (κ3) is 6.49. The molecule has 21 heavy (non-hydrogen) atoms. The SMILES string of the molecule is COc1ccc(CC(C)NCCN(C(C)C)C(C)C)cc1. The maximum atomic E-state index is 5.19. The molecule has 0 saturated heterocycles. The van der Waals surface area contributed by atoms with Gasteiger partial charge in [0.15, 0.2) is 0 Å². The Kier molecular flexibility index (Phi) is 7.76. The van der Waals surface area contributed by atoms with E-state index in [2.05, 4.69) is 57.0 Å². The summed E-state index contributed by atoms with van der Waals surface area (Å²) < 4.78 is 5.19. The van der Waals surface area contributed by atoms with Crippen LogP contribution in [0.15, 0.2) is 24.3 Å². The zero-order valence-corrected chi connectivity index (χ0v) is 14.5. The lowest BCUT2D eigenvalue weighted by Gasteiger charge is -2.31. The van der Waals surface area contributed by atoms with Gasteiger partial charge in [0.05, 0.1) is 7.11 Å². The fourth-order valence-corrected chi connectivity index (χ4v) is 2.74. The van der Waals surface area contributed by atoms with E-state index in [-0.39, 0.29) is 0 Å². The maximum absolute atomic E-state index is 5.19. The summed E-state index contributed by atoms with van der Waals surface area (Å²) in [6.45, 7) is 13.4. The van der Waals surface area contributed by atoms with Crippen molar-refractivity contribution in [3.8, 4) is 5.75 Å². The van der Waals surface area contributed by atoms with Crippen LogP contribution in [0.4, 0.5) is 0 Å². The van der Waals surface area contributed by atoms with Gasteiger partial charge in [-0.1, -0.05) is 12.1 Å². The second-order valence-electron chi connectivity index (χ2n) is 6.33. The summed E-state index contributed by atoms with van der Waals surface area (Å²) in [5, 5.41) is 3.63. The normalized spacial score (nSPS) is 13.2. The molecule has 0 spiro atoms. The Labute approximate surface area is 130 Å². The fraction of sp³-hybridized carbons (Fsp3) is 0.667. The molecule has 0 bridgehead atoms. The van der Waals surface area contributed by atoms with Crippen LogP contribution in [0.1, 0.15) is 40.2 Å². The number of nitrogens with zero attached hydrogens (tertiary/aromatic N) is 1. The van der Waals surface area contributed by atoms with E-state index in [0.29, 0.717) is 18.1 Å². The number of methoxy groups -OCH3 is 1. The lowest BCUT2D eigenvalue weighted by Crippen LogP contribution is -2.43. The standard InChI is InChI=1S/C18H32N2O/c1-14(2)20(15(3)4)12-11-19-16(5)13-17-7-9-18(21-6)10-8-17/h7-10,14-16,19H,11-13H2,1-6H3. The van der Waals surface area contributed by atoms with Crippen molar-refractivity contribution in [3.63, 3.8) is 0 Å². The first kappa shape index (κ1) is 18.0. The molecule has 0 heterocycles. The fourth-order valence-electron chi connectivity index (χ4n) is 2.74. The van der Waals surface area contributed by atoms with Gasteiger partial charge < -0.3 is 10.1 Å². The van der Waals surface area contributed by atoms with Crippen LogP contribution in [0.3, 0.4) is 0 Å². The third-order valence-electron chi connectivity index (χ3n) is 3.89. The first-order valence-electron chi connectivity index (χ1n) is 8.06. The van der Waals surface area contributed by atoms with Crippen LogP contribution < -0.4 is 10.1 Å². The molecule has 0 aliphatic heterocycles. The van der Waals surface area contributed by atoms with Crippen LogP contribution in [-0.4, -0.2) is 43.2 Å². The van der Waals surface area contributed by atoms with Gasteiger partial charge in [0.25, 0.3) is 0 Å². The predicted molar refractivity (Wildman–Crippen MR) is 91.1 cm³/mol. The first-order valence-corrected chi connectivity index (χ1v) is 8.06. The van der Waals surface area contributed by atoms with Crippen LogP contribution in [0.2, 0.25) is 0 Å². The van der Waals surface area contributed by atoms with Gasteiger partial charge >= 0.3 is 0 Å². The molecule has 0 amide bonds. The largest absolute Gasteiger partial charge is 0.497 e. The zero-order chi connectivity index (χ0) is 15.8. The average Bonchev–Trinajstić information content (AvgIpc) is 2.43. The number of rotatable bonds is 9. The van der Waals surface area contributed by atoms with Crippen LogP contribution in [0.25, 0.3) is 0 Å². The highest BCUT2D eigenvalue weighted by Gasteiger charge is 2.13. The molecule has 1 N–H and O–H groups in total. The van der Waals surface area contributed by atoms with E-state index in [1.54, 1.807) is 7.11 Å². The molecule has 0 aliphatic rings. The number of hydrogen-bond donors (Lipinski definition) is 1.